The highest BCUT2D eigenvalue weighted by Crippen LogP contribution is 2.26. The summed E-state index contributed by atoms with van der Waals surface area (Å²) in [7, 11) is 1.22. The summed E-state index contributed by atoms with van der Waals surface area (Å²) in [6, 6.07) is 0. The van der Waals surface area contributed by atoms with E-state index in [1.807, 2.05) is 0 Å². The first-order chi connectivity index (χ1) is 9.55. The maximum absolute atomic E-state index is 11.8. The number of rotatable bonds is 4. The topological polar surface area (TPSA) is 111 Å². The fourth-order valence-corrected chi connectivity index (χ4v) is 2.12. The van der Waals surface area contributed by atoms with Gasteiger partial charge in [0.05, 0.1) is 26.2 Å². The number of esters is 1. The van der Waals surface area contributed by atoms with E-state index in [1.54, 1.807) is 0 Å². The molecule has 2 N–H and O–H groups in total. The normalized spacial score (nSPS) is 21.9. The van der Waals surface area contributed by atoms with Crippen LogP contribution in [-0.4, -0.2) is 40.4 Å². The Balaban J connectivity index is 2.30. The molecule has 0 bridgehead atoms. The Hall–Kier alpha value is -1.93. The second kappa shape index (κ2) is 6.02. The average Bonchev–Trinajstić information content (AvgIpc) is 2.90. The number of carbonyl (C=O) groups is 1. The van der Waals surface area contributed by atoms with E-state index >= 15 is 0 Å². The third-order valence-electron chi connectivity index (χ3n) is 3.20. The number of carbonyl (C=O) groups excluding carboxylic acids is 1. The molecular formula is C12H16N2O6. The van der Waals surface area contributed by atoms with Crippen molar-refractivity contribution in [2.75, 3.05) is 13.7 Å². The summed E-state index contributed by atoms with van der Waals surface area (Å²) in [4.78, 5) is 36.8. The molecule has 0 radical (unpaired) electrons. The molecule has 8 nitrogen and oxygen atoms in total. The van der Waals surface area contributed by atoms with Crippen LogP contribution in [0.1, 0.15) is 24.6 Å². The van der Waals surface area contributed by atoms with E-state index in [9.17, 15) is 14.4 Å². The number of aliphatic hydroxyl groups excluding tert-OH is 1. The molecule has 1 aliphatic rings. The molecule has 0 saturated carbocycles. The molecule has 2 atom stereocenters. The number of aromatic nitrogens is 2. The van der Waals surface area contributed by atoms with Crippen LogP contribution in [0.25, 0.3) is 0 Å². The predicted octanol–water partition coefficient (Wildman–Crippen LogP) is -1.08. The van der Waals surface area contributed by atoms with Crippen molar-refractivity contribution in [2.24, 2.45) is 0 Å². The molecule has 1 fully saturated rings. The van der Waals surface area contributed by atoms with Gasteiger partial charge in [0.25, 0.3) is 5.56 Å². The van der Waals surface area contributed by atoms with Crippen molar-refractivity contribution in [2.45, 2.75) is 31.6 Å². The van der Waals surface area contributed by atoms with E-state index in [0.717, 1.165) is 0 Å². The fraction of sp³-hybridized carbons (Fsp3) is 0.583. The van der Waals surface area contributed by atoms with Crippen molar-refractivity contribution >= 4 is 5.97 Å². The van der Waals surface area contributed by atoms with Crippen molar-refractivity contribution < 1.29 is 19.4 Å². The highest BCUT2D eigenvalue weighted by molar-refractivity contribution is 5.72. The Labute approximate surface area is 114 Å². The van der Waals surface area contributed by atoms with E-state index in [0.29, 0.717) is 12.8 Å². The average molecular weight is 284 g/mol. The van der Waals surface area contributed by atoms with Gasteiger partial charge in [-0.1, -0.05) is 0 Å². The lowest BCUT2D eigenvalue weighted by Gasteiger charge is -2.15. The highest BCUT2D eigenvalue weighted by Gasteiger charge is 2.27. The number of hydrogen-bond donors (Lipinski definition) is 2. The van der Waals surface area contributed by atoms with Gasteiger partial charge in [-0.15, -0.1) is 0 Å². The molecule has 8 heteroatoms. The third-order valence-corrected chi connectivity index (χ3v) is 3.20. The smallest absolute Gasteiger partial charge is 0.330 e. The summed E-state index contributed by atoms with van der Waals surface area (Å²) in [6.07, 6.45) is 1.40. The monoisotopic (exact) mass is 284 g/mol. The Morgan fingerprint density at radius 2 is 2.30 bits per heavy atom. The Bertz CT molecular complexity index is 605. The Morgan fingerprint density at radius 1 is 1.55 bits per heavy atom. The van der Waals surface area contributed by atoms with Gasteiger partial charge < -0.3 is 14.6 Å². The summed E-state index contributed by atoms with van der Waals surface area (Å²) in [5.41, 5.74) is -1.09. The second-order valence-electron chi connectivity index (χ2n) is 4.55. The van der Waals surface area contributed by atoms with Crippen molar-refractivity contribution in [3.8, 4) is 0 Å². The number of aliphatic hydroxyl groups is 1. The first-order valence-corrected chi connectivity index (χ1v) is 6.22. The third kappa shape index (κ3) is 2.97. The van der Waals surface area contributed by atoms with Crippen LogP contribution in [0.4, 0.5) is 0 Å². The van der Waals surface area contributed by atoms with Crippen molar-refractivity contribution in [3.63, 3.8) is 0 Å². The molecule has 1 aromatic rings. The van der Waals surface area contributed by atoms with Gasteiger partial charge in [-0.2, -0.15) is 0 Å². The van der Waals surface area contributed by atoms with Gasteiger partial charge in [-0.05, 0) is 12.8 Å². The highest BCUT2D eigenvalue weighted by atomic mass is 16.5. The molecule has 20 heavy (non-hydrogen) atoms. The second-order valence-corrected chi connectivity index (χ2v) is 4.55. The summed E-state index contributed by atoms with van der Waals surface area (Å²) < 4.78 is 11.2. The first kappa shape index (κ1) is 14.5. The van der Waals surface area contributed by atoms with E-state index in [-0.39, 0.29) is 24.7 Å². The molecule has 1 saturated heterocycles. The molecule has 1 aromatic heterocycles. The number of methoxy groups -OCH3 is 1. The molecule has 0 aromatic carbocycles. The largest absolute Gasteiger partial charge is 0.469 e. The van der Waals surface area contributed by atoms with Crippen LogP contribution in [0.3, 0.4) is 0 Å². The minimum atomic E-state index is -0.617. The van der Waals surface area contributed by atoms with Crippen LogP contribution in [0, 0.1) is 0 Å². The quantitative estimate of drug-likeness (QED) is 0.681. The Morgan fingerprint density at radius 3 is 2.90 bits per heavy atom. The first-order valence-electron chi connectivity index (χ1n) is 6.22. The van der Waals surface area contributed by atoms with E-state index in [2.05, 4.69) is 9.72 Å². The molecule has 2 unspecified atom stereocenters. The zero-order valence-corrected chi connectivity index (χ0v) is 11.0. The zero-order chi connectivity index (χ0) is 14.7. The van der Waals surface area contributed by atoms with Crippen LogP contribution in [0.5, 0.6) is 0 Å². The van der Waals surface area contributed by atoms with Crippen LogP contribution in [0.15, 0.2) is 15.8 Å². The SMILES string of the molecule is COC(=O)Cc1cn(C2CCC(CO)O2)c(=O)[nH]c1=O. The molecule has 0 aliphatic carbocycles. The zero-order valence-electron chi connectivity index (χ0n) is 11.0. The van der Waals surface area contributed by atoms with Crippen molar-refractivity contribution in [3.05, 3.63) is 32.6 Å². The number of aromatic amines is 1. The minimum absolute atomic E-state index is 0.121. The van der Waals surface area contributed by atoms with Gasteiger partial charge in [0.1, 0.15) is 6.23 Å². The lowest BCUT2D eigenvalue weighted by atomic mass is 10.2. The van der Waals surface area contributed by atoms with Gasteiger partial charge in [-0.3, -0.25) is 19.1 Å². The summed E-state index contributed by atoms with van der Waals surface area (Å²) in [5, 5.41) is 9.02. The lowest BCUT2D eigenvalue weighted by Crippen LogP contribution is -2.35. The van der Waals surface area contributed by atoms with Gasteiger partial charge >= 0.3 is 11.7 Å². The van der Waals surface area contributed by atoms with Crippen LogP contribution >= 0.6 is 0 Å². The van der Waals surface area contributed by atoms with E-state index in [1.165, 1.54) is 17.9 Å². The van der Waals surface area contributed by atoms with Gasteiger partial charge in [0.2, 0.25) is 0 Å². The minimum Gasteiger partial charge on any atom is -0.469 e. The summed E-state index contributed by atoms with van der Waals surface area (Å²) >= 11 is 0. The summed E-state index contributed by atoms with van der Waals surface area (Å²) in [6.45, 7) is -0.121. The number of H-pyrrole nitrogens is 1. The van der Waals surface area contributed by atoms with Crippen molar-refractivity contribution in [1.29, 1.82) is 0 Å². The maximum atomic E-state index is 11.8. The van der Waals surface area contributed by atoms with Crippen LogP contribution in [-0.2, 0) is 20.7 Å². The van der Waals surface area contributed by atoms with Crippen LogP contribution < -0.4 is 11.2 Å². The molecule has 2 heterocycles. The standard InChI is InChI=1S/C12H16N2O6/c1-19-10(16)4-7-5-14(12(18)13-11(7)17)9-3-2-8(6-15)20-9/h5,8-9,15H,2-4,6H2,1H3,(H,13,17,18). The Kier molecular flexibility index (Phi) is 4.35. The van der Waals surface area contributed by atoms with Gasteiger partial charge in [0.15, 0.2) is 0 Å². The summed E-state index contributed by atoms with van der Waals surface area (Å²) in [5.74, 6) is -0.568. The van der Waals surface area contributed by atoms with E-state index in [4.69, 9.17) is 9.84 Å². The number of ether oxygens (including phenoxy) is 2. The van der Waals surface area contributed by atoms with E-state index < -0.39 is 23.4 Å². The maximum Gasteiger partial charge on any atom is 0.330 e. The molecule has 0 amide bonds. The fourth-order valence-electron chi connectivity index (χ4n) is 2.12. The van der Waals surface area contributed by atoms with Crippen molar-refractivity contribution in [1.82, 2.24) is 9.55 Å². The molecular weight excluding hydrogens is 268 g/mol. The molecule has 0 spiro atoms. The van der Waals surface area contributed by atoms with Crippen LogP contribution in [0.2, 0.25) is 0 Å². The number of nitrogens with zero attached hydrogens (tertiary/aromatic N) is 1. The van der Waals surface area contributed by atoms with Gasteiger partial charge in [0, 0.05) is 11.8 Å². The molecule has 110 valence electrons. The predicted molar refractivity (Wildman–Crippen MR) is 67.3 cm³/mol. The molecule has 1 aliphatic heterocycles. The molecule has 2 rings (SSSR count). The number of hydrogen-bond acceptors (Lipinski definition) is 6. The van der Waals surface area contributed by atoms with Gasteiger partial charge in [-0.25, -0.2) is 4.79 Å². The lowest BCUT2D eigenvalue weighted by molar-refractivity contribution is -0.139. The number of nitrogens with one attached hydrogen (secondary N) is 1.